The molecular formula is C23H14BrN. The Kier molecular flexibility index (Phi) is 3.32. The van der Waals surface area contributed by atoms with Crippen LogP contribution >= 0.6 is 15.9 Å². The van der Waals surface area contributed by atoms with E-state index in [1.807, 2.05) is 6.07 Å². The van der Waals surface area contributed by atoms with Crippen LogP contribution in [0.2, 0.25) is 0 Å². The Labute approximate surface area is 154 Å². The zero-order chi connectivity index (χ0) is 16.8. The Hall–Kier alpha value is -2.71. The van der Waals surface area contributed by atoms with Gasteiger partial charge in [-0.05, 0) is 22.9 Å². The molecule has 5 aromatic rings. The van der Waals surface area contributed by atoms with E-state index >= 15 is 0 Å². The van der Waals surface area contributed by atoms with Crippen molar-refractivity contribution in [3.8, 4) is 11.3 Å². The van der Waals surface area contributed by atoms with Crippen LogP contribution in [0.1, 0.15) is 0 Å². The van der Waals surface area contributed by atoms with Crippen LogP contribution in [0.4, 0.5) is 0 Å². The van der Waals surface area contributed by atoms with Crippen LogP contribution in [0.3, 0.4) is 0 Å². The minimum absolute atomic E-state index is 1.03. The number of aromatic nitrogens is 1. The average molecular weight is 384 g/mol. The zero-order valence-corrected chi connectivity index (χ0v) is 15.0. The fourth-order valence-corrected chi connectivity index (χ4v) is 4.16. The van der Waals surface area contributed by atoms with Crippen molar-refractivity contribution in [3.05, 3.63) is 89.4 Å². The van der Waals surface area contributed by atoms with E-state index in [1.165, 1.54) is 26.9 Å². The molecule has 0 unspecified atom stereocenters. The summed E-state index contributed by atoms with van der Waals surface area (Å²) in [5, 5.41) is 6.12. The maximum Gasteiger partial charge on any atom is 0.0788 e. The molecule has 0 aliphatic heterocycles. The summed E-state index contributed by atoms with van der Waals surface area (Å²) < 4.78 is 1.10. The van der Waals surface area contributed by atoms with Gasteiger partial charge in [0.15, 0.2) is 0 Å². The van der Waals surface area contributed by atoms with Crippen molar-refractivity contribution in [2.24, 2.45) is 0 Å². The standard InChI is InChI=1S/C23H14BrN/c24-20-14-19-22(17-11-5-4-10-16(17)20)18-12-6-7-13-21(18)25-23(19)15-8-2-1-3-9-15/h1-14H. The fourth-order valence-electron chi connectivity index (χ4n) is 3.59. The number of nitrogens with zero attached hydrogens (tertiary/aromatic N) is 1. The van der Waals surface area contributed by atoms with Crippen LogP contribution in [-0.2, 0) is 0 Å². The van der Waals surface area contributed by atoms with E-state index in [0.29, 0.717) is 0 Å². The first-order valence-electron chi connectivity index (χ1n) is 8.28. The van der Waals surface area contributed by atoms with Crippen LogP contribution in [0, 0.1) is 0 Å². The van der Waals surface area contributed by atoms with Gasteiger partial charge in [0.25, 0.3) is 0 Å². The van der Waals surface area contributed by atoms with Gasteiger partial charge in [-0.25, -0.2) is 4.98 Å². The van der Waals surface area contributed by atoms with Gasteiger partial charge >= 0.3 is 0 Å². The first kappa shape index (κ1) is 14.6. The van der Waals surface area contributed by atoms with Gasteiger partial charge in [-0.3, -0.25) is 0 Å². The highest BCUT2D eigenvalue weighted by Gasteiger charge is 2.14. The van der Waals surface area contributed by atoms with Crippen molar-refractivity contribution in [2.75, 3.05) is 0 Å². The van der Waals surface area contributed by atoms with Gasteiger partial charge in [0.05, 0.1) is 11.2 Å². The number of rotatable bonds is 1. The molecule has 0 saturated heterocycles. The first-order valence-corrected chi connectivity index (χ1v) is 9.07. The third-order valence-corrected chi connectivity index (χ3v) is 5.36. The molecule has 2 heteroatoms. The number of fused-ring (bicyclic) bond motifs is 5. The molecule has 0 amide bonds. The molecule has 0 N–H and O–H groups in total. The van der Waals surface area contributed by atoms with E-state index in [2.05, 4.69) is 94.8 Å². The van der Waals surface area contributed by atoms with E-state index in [-0.39, 0.29) is 0 Å². The lowest BCUT2D eigenvalue weighted by molar-refractivity contribution is 1.43. The number of para-hydroxylation sites is 1. The normalized spacial score (nSPS) is 11.4. The summed E-state index contributed by atoms with van der Waals surface area (Å²) in [7, 11) is 0. The molecule has 1 nitrogen and oxygen atoms in total. The molecule has 0 radical (unpaired) electrons. The van der Waals surface area contributed by atoms with Crippen molar-refractivity contribution in [1.82, 2.24) is 4.98 Å². The quantitative estimate of drug-likeness (QED) is 0.284. The van der Waals surface area contributed by atoms with E-state index in [1.54, 1.807) is 0 Å². The van der Waals surface area contributed by atoms with Crippen LogP contribution in [0.5, 0.6) is 0 Å². The van der Waals surface area contributed by atoms with Gasteiger partial charge in [0.1, 0.15) is 0 Å². The summed E-state index contributed by atoms with van der Waals surface area (Å²) in [6, 6.07) is 29.6. The minimum Gasteiger partial charge on any atom is -0.247 e. The minimum atomic E-state index is 1.03. The molecule has 0 fully saturated rings. The summed E-state index contributed by atoms with van der Waals surface area (Å²) >= 11 is 3.76. The Morgan fingerprint density at radius 1 is 0.600 bits per heavy atom. The number of hydrogen-bond donors (Lipinski definition) is 0. The summed E-state index contributed by atoms with van der Waals surface area (Å²) in [5.41, 5.74) is 3.20. The lowest BCUT2D eigenvalue weighted by atomic mass is 9.95. The molecule has 0 saturated carbocycles. The Morgan fingerprint density at radius 3 is 2.04 bits per heavy atom. The highest BCUT2D eigenvalue weighted by atomic mass is 79.9. The molecule has 1 aromatic heterocycles. The Balaban J connectivity index is 2.08. The predicted octanol–water partition coefficient (Wildman–Crippen LogP) is 6.97. The molecule has 25 heavy (non-hydrogen) atoms. The second-order valence-corrected chi connectivity index (χ2v) is 7.02. The van der Waals surface area contributed by atoms with Crippen molar-refractivity contribution in [2.45, 2.75) is 0 Å². The average Bonchev–Trinajstić information content (AvgIpc) is 2.68. The van der Waals surface area contributed by atoms with E-state index in [4.69, 9.17) is 4.98 Å². The second-order valence-electron chi connectivity index (χ2n) is 6.17. The molecule has 0 bridgehead atoms. The van der Waals surface area contributed by atoms with Crippen molar-refractivity contribution in [3.63, 3.8) is 0 Å². The largest absolute Gasteiger partial charge is 0.247 e. The van der Waals surface area contributed by atoms with Gasteiger partial charge in [-0.15, -0.1) is 0 Å². The van der Waals surface area contributed by atoms with Gasteiger partial charge in [-0.1, -0.05) is 88.7 Å². The highest BCUT2D eigenvalue weighted by Crippen LogP contribution is 2.39. The summed E-state index contributed by atoms with van der Waals surface area (Å²) in [5.74, 6) is 0. The molecule has 118 valence electrons. The molecule has 0 atom stereocenters. The molecule has 1 heterocycles. The lowest BCUT2D eigenvalue weighted by Crippen LogP contribution is -1.91. The number of pyridine rings is 1. The summed E-state index contributed by atoms with van der Waals surface area (Å²) in [6.07, 6.45) is 0. The third kappa shape index (κ3) is 2.25. The van der Waals surface area contributed by atoms with Crippen LogP contribution in [0.15, 0.2) is 89.4 Å². The van der Waals surface area contributed by atoms with E-state index in [0.717, 1.165) is 21.2 Å². The molecule has 0 spiro atoms. The predicted molar refractivity (Wildman–Crippen MR) is 110 cm³/mol. The second kappa shape index (κ2) is 5.68. The number of hydrogen-bond acceptors (Lipinski definition) is 1. The molecule has 4 aromatic carbocycles. The SMILES string of the molecule is Brc1cc2c(-c3ccccc3)nc3ccccc3c2c2ccccc12. The number of benzene rings is 4. The van der Waals surface area contributed by atoms with Crippen molar-refractivity contribution >= 4 is 48.4 Å². The van der Waals surface area contributed by atoms with Gasteiger partial charge in [0, 0.05) is 26.2 Å². The molecule has 0 aliphatic rings. The lowest BCUT2D eigenvalue weighted by Gasteiger charge is -2.13. The third-order valence-electron chi connectivity index (χ3n) is 4.70. The zero-order valence-electron chi connectivity index (χ0n) is 13.4. The number of halogens is 1. The Bertz CT molecular complexity index is 1240. The first-order chi connectivity index (χ1) is 12.3. The molecule has 0 aliphatic carbocycles. The van der Waals surface area contributed by atoms with Crippen molar-refractivity contribution < 1.29 is 0 Å². The van der Waals surface area contributed by atoms with Gasteiger partial charge < -0.3 is 0 Å². The fraction of sp³-hybridized carbons (Fsp3) is 0. The highest BCUT2D eigenvalue weighted by molar-refractivity contribution is 9.10. The van der Waals surface area contributed by atoms with Gasteiger partial charge in [-0.2, -0.15) is 0 Å². The summed E-state index contributed by atoms with van der Waals surface area (Å²) in [4.78, 5) is 5.00. The van der Waals surface area contributed by atoms with Crippen LogP contribution in [-0.4, -0.2) is 4.98 Å². The van der Waals surface area contributed by atoms with Crippen molar-refractivity contribution in [1.29, 1.82) is 0 Å². The maximum absolute atomic E-state index is 5.00. The van der Waals surface area contributed by atoms with E-state index in [9.17, 15) is 0 Å². The Morgan fingerprint density at radius 2 is 1.24 bits per heavy atom. The monoisotopic (exact) mass is 383 g/mol. The van der Waals surface area contributed by atoms with Gasteiger partial charge in [0.2, 0.25) is 0 Å². The maximum atomic E-state index is 5.00. The van der Waals surface area contributed by atoms with Crippen LogP contribution < -0.4 is 0 Å². The molecular weight excluding hydrogens is 370 g/mol. The topological polar surface area (TPSA) is 12.9 Å². The van der Waals surface area contributed by atoms with E-state index < -0.39 is 0 Å². The molecule has 5 rings (SSSR count). The van der Waals surface area contributed by atoms with Crippen LogP contribution in [0.25, 0.3) is 43.7 Å². The smallest absolute Gasteiger partial charge is 0.0788 e. The summed E-state index contributed by atoms with van der Waals surface area (Å²) in [6.45, 7) is 0.